The lowest BCUT2D eigenvalue weighted by molar-refractivity contribution is 0.120. The van der Waals surface area contributed by atoms with E-state index in [0.717, 1.165) is 13.0 Å². The lowest BCUT2D eigenvalue weighted by Crippen LogP contribution is -2.46. The van der Waals surface area contributed by atoms with Crippen LogP contribution >= 0.6 is 0 Å². The third kappa shape index (κ3) is 10.3. The Balaban J connectivity index is 0.00000154. The fourth-order valence-electron chi connectivity index (χ4n) is 2.36. The van der Waals surface area contributed by atoms with E-state index in [1.165, 1.54) is 45.6 Å². The van der Waals surface area contributed by atoms with Crippen molar-refractivity contribution in [2.24, 2.45) is 5.41 Å². The minimum Gasteiger partial charge on any atom is -0.396 e. The van der Waals surface area contributed by atoms with Crippen LogP contribution in [-0.2, 0) is 0 Å². The van der Waals surface area contributed by atoms with Gasteiger partial charge in [-0.25, -0.2) is 0 Å². The van der Waals surface area contributed by atoms with Gasteiger partial charge in [-0.15, -0.1) is 0 Å². The first-order valence-electron chi connectivity index (χ1n) is 8.07. The SMILES string of the molecule is CC.CC(C)(C)CCCN1CCN(CCCO)CC1. The molecule has 1 saturated heterocycles. The maximum Gasteiger partial charge on any atom is 0.0443 e. The number of nitrogens with zero attached hydrogens (tertiary/aromatic N) is 2. The van der Waals surface area contributed by atoms with Crippen LogP contribution in [0.25, 0.3) is 0 Å². The van der Waals surface area contributed by atoms with Gasteiger partial charge in [0.2, 0.25) is 0 Å². The molecule has 1 rings (SSSR count). The summed E-state index contributed by atoms with van der Waals surface area (Å²) in [6.45, 7) is 18.4. The molecule has 0 spiro atoms. The van der Waals surface area contributed by atoms with Gasteiger partial charge in [-0.05, 0) is 31.2 Å². The molecule has 19 heavy (non-hydrogen) atoms. The molecule has 0 atom stereocenters. The van der Waals surface area contributed by atoms with E-state index in [1.807, 2.05) is 13.8 Å². The zero-order valence-electron chi connectivity index (χ0n) is 13.9. The smallest absolute Gasteiger partial charge is 0.0443 e. The van der Waals surface area contributed by atoms with Crippen molar-refractivity contribution in [1.29, 1.82) is 0 Å². The Labute approximate surface area is 121 Å². The van der Waals surface area contributed by atoms with E-state index in [9.17, 15) is 0 Å². The van der Waals surface area contributed by atoms with Crippen molar-refractivity contribution in [2.75, 3.05) is 45.9 Å². The van der Waals surface area contributed by atoms with Crippen LogP contribution in [0.4, 0.5) is 0 Å². The summed E-state index contributed by atoms with van der Waals surface area (Å²) in [6.07, 6.45) is 3.56. The molecule has 1 aliphatic rings. The first-order chi connectivity index (χ1) is 9.01. The molecule has 1 aliphatic heterocycles. The van der Waals surface area contributed by atoms with Crippen molar-refractivity contribution < 1.29 is 5.11 Å². The summed E-state index contributed by atoms with van der Waals surface area (Å²) in [5, 5.41) is 8.80. The maximum absolute atomic E-state index is 8.80. The number of hydrogen-bond donors (Lipinski definition) is 1. The van der Waals surface area contributed by atoms with Crippen molar-refractivity contribution in [2.45, 2.75) is 53.9 Å². The fourth-order valence-corrected chi connectivity index (χ4v) is 2.36. The van der Waals surface area contributed by atoms with Crippen LogP contribution in [0, 0.1) is 5.41 Å². The lowest BCUT2D eigenvalue weighted by Gasteiger charge is -2.35. The van der Waals surface area contributed by atoms with Crippen LogP contribution < -0.4 is 0 Å². The van der Waals surface area contributed by atoms with Gasteiger partial charge in [-0.1, -0.05) is 34.6 Å². The molecule has 0 saturated carbocycles. The van der Waals surface area contributed by atoms with Gasteiger partial charge in [0, 0.05) is 39.3 Å². The molecule has 0 unspecified atom stereocenters. The second-order valence-electron chi connectivity index (χ2n) is 6.42. The molecule has 0 aromatic carbocycles. The van der Waals surface area contributed by atoms with Crippen molar-refractivity contribution in [3.05, 3.63) is 0 Å². The predicted molar refractivity (Wildman–Crippen MR) is 84.6 cm³/mol. The quantitative estimate of drug-likeness (QED) is 0.805. The van der Waals surface area contributed by atoms with Crippen molar-refractivity contribution in [3.63, 3.8) is 0 Å². The Morgan fingerprint density at radius 3 is 1.63 bits per heavy atom. The molecule has 1 fully saturated rings. The molecule has 3 nitrogen and oxygen atoms in total. The summed E-state index contributed by atoms with van der Waals surface area (Å²) in [5.41, 5.74) is 0.475. The van der Waals surface area contributed by atoms with Crippen LogP contribution in [0.2, 0.25) is 0 Å². The molecule has 0 amide bonds. The minimum absolute atomic E-state index is 0.325. The topological polar surface area (TPSA) is 26.7 Å². The molecule has 1 heterocycles. The van der Waals surface area contributed by atoms with E-state index in [2.05, 4.69) is 30.6 Å². The Bertz CT molecular complexity index is 193. The third-order valence-corrected chi connectivity index (χ3v) is 3.50. The molecule has 0 aliphatic carbocycles. The van der Waals surface area contributed by atoms with Gasteiger partial charge in [-0.3, -0.25) is 0 Å². The molecule has 0 aromatic rings. The number of aliphatic hydroxyl groups excluding tert-OH is 1. The lowest BCUT2D eigenvalue weighted by atomic mass is 9.90. The fraction of sp³-hybridized carbons (Fsp3) is 1.00. The summed E-state index contributed by atoms with van der Waals surface area (Å²) in [7, 11) is 0. The summed E-state index contributed by atoms with van der Waals surface area (Å²) >= 11 is 0. The van der Waals surface area contributed by atoms with Crippen LogP contribution in [0.1, 0.15) is 53.9 Å². The summed E-state index contributed by atoms with van der Waals surface area (Å²) in [5.74, 6) is 0. The van der Waals surface area contributed by atoms with Crippen LogP contribution in [0.5, 0.6) is 0 Å². The highest BCUT2D eigenvalue weighted by atomic mass is 16.3. The largest absolute Gasteiger partial charge is 0.396 e. The average Bonchev–Trinajstić information content (AvgIpc) is 2.39. The maximum atomic E-state index is 8.80. The van der Waals surface area contributed by atoms with E-state index in [1.54, 1.807) is 0 Å². The van der Waals surface area contributed by atoms with E-state index in [-0.39, 0.29) is 0 Å². The van der Waals surface area contributed by atoms with Crippen LogP contribution in [0.3, 0.4) is 0 Å². The van der Waals surface area contributed by atoms with E-state index < -0.39 is 0 Å². The molecule has 116 valence electrons. The van der Waals surface area contributed by atoms with Gasteiger partial charge in [0.05, 0.1) is 0 Å². The van der Waals surface area contributed by atoms with E-state index in [0.29, 0.717) is 12.0 Å². The zero-order valence-corrected chi connectivity index (χ0v) is 13.9. The number of piperazine rings is 1. The van der Waals surface area contributed by atoms with Crippen LogP contribution in [0.15, 0.2) is 0 Å². The highest BCUT2D eigenvalue weighted by Crippen LogP contribution is 2.20. The van der Waals surface area contributed by atoms with Crippen molar-refractivity contribution in [1.82, 2.24) is 9.80 Å². The summed E-state index contributed by atoms with van der Waals surface area (Å²) in [6, 6.07) is 0. The van der Waals surface area contributed by atoms with Gasteiger partial charge >= 0.3 is 0 Å². The number of aliphatic hydroxyl groups is 1. The highest BCUT2D eigenvalue weighted by molar-refractivity contribution is 4.72. The molecule has 1 N–H and O–H groups in total. The number of hydrogen-bond acceptors (Lipinski definition) is 3. The zero-order chi connectivity index (χ0) is 14.7. The second-order valence-corrected chi connectivity index (χ2v) is 6.42. The van der Waals surface area contributed by atoms with Gasteiger partial charge in [-0.2, -0.15) is 0 Å². The Hall–Kier alpha value is -0.120. The average molecular weight is 272 g/mol. The molecule has 3 heteroatoms. The second kappa shape index (κ2) is 10.6. The molecule has 0 radical (unpaired) electrons. The summed E-state index contributed by atoms with van der Waals surface area (Å²) < 4.78 is 0. The van der Waals surface area contributed by atoms with Crippen LogP contribution in [-0.4, -0.2) is 60.8 Å². The van der Waals surface area contributed by atoms with Gasteiger partial charge in [0.1, 0.15) is 0 Å². The first kappa shape index (κ1) is 18.9. The van der Waals surface area contributed by atoms with Gasteiger partial charge < -0.3 is 14.9 Å². The predicted octanol–water partition coefficient (Wildman–Crippen LogP) is 2.84. The Morgan fingerprint density at radius 2 is 1.26 bits per heavy atom. The normalized spacial score (nSPS) is 18.0. The third-order valence-electron chi connectivity index (χ3n) is 3.50. The number of rotatable bonds is 6. The highest BCUT2D eigenvalue weighted by Gasteiger charge is 2.17. The summed E-state index contributed by atoms with van der Waals surface area (Å²) in [4.78, 5) is 5.05. The molecule has 0 bridgehead atoms. The molecular weight excluding hydrogens is 236 g/mol. The van der Waals surface area contributed by atoms with Gasteiger partial charge in [0.25, 0.3) is 0 Å². The van der Waals surface area contributed by atoms with Gasteiger partial charge in [0.15, 0.2) is 0 Å². The minimum atomic E-state index is 0.325. The van der Waals surface area contributed by atoms with Crippen molar-refractivity contribution in [3.8, 4) is 0 Å². The Kier molecular flexibility index (Phi) is 10.6. The standard InChI is InChI=1S/C14H30N2O.C2H6/c1-14(2,3)6-4-7-15-9-11-16(12-10-15)8-5-13-17;1-2/h17H,4-13H2,1-3H3;1-2H3. The van der Waals surface area contributed by atoms with E-state index >= 15 is 0 Å². The Morgan fingerprint density at radius 1 is 0.842 bits per heavy atom. The van der Waals surface area contributed by atoms with E-state index in [4.69, 9.17) is 5.11 Å². The molecule has 0 aromatic heterocycles. The first-order valence-corrected chi connectivity index (χ1v) is 8.07. The molecular formula is C16H36N2O. The van der Waals surface area contributed by atoms with Crippen molar-refractivity contribution >= 4 is 0 Å². The monoisotopic (exact) mass is 272 g/mol.